The van der Waals surface area contributed by atoms with Crippen LogP contribution in [0.25, 0.3) is 0 Å². The smallest absolute Gasteiger partial charge is 0.175 e. The third kappa shape index (κ3) is 5.89. The van der Waals surface area contributed by atoms with E-state index in [9.17, 15) is 0 Å². The molecular formula is C19H22N2SSi. The standard InChI is InChI=1S/C19H22N2SSi/c1-15-9-11-17(12-10-15)20-19(22)21-18-8-6-5-7-16(18)13-14-23(2,3)4/h5-12H,1-4H3,(H2,20,21,22). The molecule has 4 heteroatoms. The van der Waals surface area contributed by atoms with Crippen LogP contribution < -0.4 is 10.6 Å². The molecule has 0 atom stereocenters. The molecule has 0 fully saturated rings. The van der Waals surface area contributed by atoms with Crippen molar-refractivity contribution in [1.82, 2.24) is 0 Å². The van der Waals surface area contributed by atoms with Gasteiger partial charge >= 0.3 is 0 Å². The third-order valence-electron chi connectivity index (χ3n) is 3.06. The Morgan fingerprint density at radius 2 is 1.61 bits per heavy atom. The van der Waals surface area contributed by atoms with E-state index in [4.69, 9.17) is 12.2 Å². The molecule has 118 valence electrons. The van der Waals surface area contributed by atoms with Gasteiger partial charge in [0, 0.05) is 11.3 Å². The number of rotatable bonds is 2. The summed E-state index contributed by atoms with van der Waals surface area (Å²) in [6.07, 6.45) is 0. The number of anilines is 2. The van der Waals surface area contributed by atoms with Crippen LogP contribution in [0.5, 0.6) is 0 Å². The summed E-state index contributed by atoms with van der Waals surface area (Å²) in [5, 5.41) is 7.01. The number of para-hydroxylation sites is 1. The number of aryl methyl sites for hydroxylation is 1. The molecule has 0 heterocycles. The first-order valence-electron chi connectivity index (χ1n) is 7.60. The minimum atomic E-state index is -1.41. The van der Waals surface area contributed by atoms with Crippen LogP contribution in [0.4, 0.5) is 11.4 Å². The molecule has 0 unspecified atom stereocenters. The van der Waals surface area contributed by atoms with Crippen molar-refractivity contribution in [2.75, 3.05) is 10.6 Å². The second-order valence-corrected chi connectivity index (χ2v) is 11.6. The second kappa shape index (κ2) is 7.45. The fourth-order valence-corrected chi connectivity index (χ4v) is 2.61. The molecule has 23 heavy (non-hydrogen) atoms. The highest BCUT2D eigenvalue weighted by atomic mass is 32.1. The third-order valence-corrected chi connectivity index (χ3v) is 4.14. The maximum atomic E-state index is 5.41. The van der Waals surface area contributed by atoms with Crippen LogP contribution in [0.3, 0.4) is 0 Å². The number of benzene rings is 2. The average Bonchev–Trinajstić information content (AvgIpc) is 2.48. The van der Waals surface area contributed by atoms with E-state index in [0.29, 0.717) is 5.11 Å². The zero-order valence-corrected chi connectivity index (χ0v) is 15.8. The highest BCUT2D eigenvalue weighted by Crippen LogP contribution is 2.15. The van der Waals surface area contributed by atoms with E-state index in [0.717, 1.165) is 16.9 Å². The Balaban J connectivity index is 2.11. The Hall–Kier alpha value is -2.09. The fraction of sp³-hybridized carbons (Fsp3) is 0.211. The maximum absolute atomic E-state index is 5.41. The van der Waals surface area contributed by atoms with Crippen molar-refractivity contribution in [1.29, 1.82) is 0 Å². The number of thiocarbonyl (C=S) groups is 1. The van der Waals surface area contributed by atoms with E-state index in [2.05, 4.69) is 60.8 Å². The summed E-state index contributed by atoms with van der Waals surface area (Å²) in [5.74, 6) is 3.29. The van der Waals surface area contributed by atoms with Crippen LogP contribution in [0.2, 0.25) is 19.6 Å². The largest absolute Gasteiger partial charge is 0.332 e. The van der Waals surface area contributed by atoms with Gasteiger partial charge in [-0.25, -0.2) is 0 Å². The summed E-state index contributed by atoms with van der Waals surface area (Å²) in [7, 11) is -1.41. The Labute approximate surface area is 145 Å². The lowest BCUT2D eigenvalue weighted by Gasteiger charge is -2.12. The minimum absolute atomic E-state index is 0.566. The van der Waals surface area contributed by atoms with Crippen molar-refractivity contribution in [2.45, 2.75) is 26.6 Å². The van der Waals surface area contributed by atoms with Crippen molar-refractivity contribution < 1.29 is 0 Å². The molecule has 0 aliphatic heterocycles. The molecule has 0 radical (unpaired) electrons. The quantitative estimate of drug-likeness (QED) is 0.456. The monoisotopic (exact) mass is 338 g/mol. The van der Waals surface area contributed by atoms with E-state index in [1.807, 2.05) is 36.4 Å². The van der Waals surface area contributed by atoms with Gasteiger partial charge in [-0.05, 0) is 43.4 Å². The SMILES string of the molecule is Cc1ccc(NC(=S)Nc2ccccc2C#C[Si](C)(C)C)cc1. The first-order valence-corrected chi connectivity index (χ1v) is 11.5. The first-order chi connectivity index (χ1) is 10.8. The van der Waals surface area contributed by atoms with E-state index in [-0.39, 0.29) is 0 Å². The highest BCUT2D eigenvalue weighted by molar-refractivity contribution is 7.80. The molecule has 2 nitrogen and oxygen atoms in total. The maximum Gasteiger partial charge on any atom is 0.175 e. The Morgan fingerprint density at radius 1 is 0.957 bits per heavy atom. The van der Waals surface area contributed by atoms with Crippen LogP contribution >= 0.6 is 12.2 Å². The summed E-state index contributed by atoms with van der Waals surface area (Å²) in [5.41, 5.74) is 7.50. The molecule has 0 saturated carbocycles. The van der Waals surface area contributed by atoms with Gasteiger partial charge in [0.1, 0.15) is 8.07 Å². The Kier molecular flexibility index (Phi) is 5.59. The molecule has 2 aromatic carbocycles. The molecule has 0 bridgehead atoms. The average molecular weight is 339 g/mol. The molecule has 0 spiro atoms. The predicted octanol–water partition coefficient (Wildman–Crippen LogP) is 5.03. The second-order valence-electron chi connectivity index (χ2n) is 6.49. The molecule has 2 N–H and O–H groups in total. The number of nitrogens with one attached hydrogen (secondary N) is 2. The van der Waals surface area contributed by atoms with Crippen LogP contribution in [-0.2, 0) is 0 Å². The summed E-state index contributed by atoms with van der Waals surface area (Å²) >= 11 is 5.41. The van der Waals surface area contributed by atoms with Gasteiger partial charge in [-0.2, -0.15) is 0 Å². The van der Waals surface area contributed by atoms with E-state index >= 15 is 0 Å². The van der Waals surface area contributed by atoms with Crippen LogP contribution in [0.15, 0.2) is 48.5 Å². The van der Waals surface area contributed by atoms with Crippen molar-refractivity contribution in [2.24, 2.45) is 0 Å². The van der Waals surface area contributed by atoms with Gasteiger partial charge < -0.3 is 10.6 Å². The van der Waals surface area contributed by atoms with Crippen molar-refractivity contribution in [3.8, 4) is 11.5 Å². The molecule has 0 aliphatic carbocycles. The minimum Gasteiger partial charge on any atom is -0.332 e. The Bertz CT molecular complexity index is 749. The lowest BCUT2D eigenvalue weighted by atomic mass is 10.2. The topological polar surface area (TPSA) is 24.1 Å². The van der Waals surface area contributed by atoms with Gasteiger partial charge in [0.15, 0.2) is 5.11 Å². The summed E-state index contributed by atoms with van der Waals surface area (Å²) in [4.78, 5) is 0. The summed E-state index contributed by atoms with van der Waals surface area (Å²) < 4.78 is 0. The van der Waals surface area contributed by atoms with Crippen LogP contribution in [0.1, 0.15) is 11.1 Å². The normalized spacial score (nSPS) is 10.4. The molecule has 0 saturated heterocycles. The lowest BCUT2D eigenvalue weighted by Crippen LogP contribution is -2.20. The van der Waals surface area contributed by atoms with E-state index in [1.165, 1.54) is 5.56 Å². The number of hydrogen-bond donors (Lipinski definition) is 2. The highest BCUT2D eigenvalue weighted by Gasteiger charge is 2.08. The molecular weight excluding hydrogens is 316 g/mol. The molecule has 2 rings (SSSR count). The zero-order valence-electron chi connectivity index (χ0n) is 14.0. The van der Waals surface area contributed by atoms with E-state index < -0.39 is 8.07 Å². The van der Waals surface area contributed by atoms with Crippen molar-refractivity contribution in [3.63, 3.8) is 0 Å². The van der Waals surface area contributed by atoms with E-state index in [1.54, 1.807) is 0 Å². The predicted molar refractivity (Wildman–Crippen MR) is 108 cm³/mol. The summed E-state index contributed by atoms with van der Waals surface area (Å²) in [6, 6.07) is 16.1. The molecule has 2 aromatic rings. The molecule has 0 amide bonds. The zero-order chi connectivity index (χ0) is 16.9. The van der Waals surface area contributed by atoms with Crippen LogP contribution in [-0.4, -0.2) is 13.2 Å². The van der Waals surface area contributed by atoms with Gasteiger partial charge in [-0.15, -0.1) is 5.54 Å². The molecule has 0 aliphatic rings. The van der Waals surface area contributed by atoms with Crippen molar-refractivity contribution in [3.05, 3.63) is 59.7 Å². The van der Waals surface area contributed by atoms with Gasteiger partial charge in [0.05, 0.1) is 5.69 Å². The Morgan fingerprint density at radius 3 is 2.26 bits per heavy atom. The first kappa shape index (κ1) is 17.3. The van der Waals surface area contributed by atoms with Crippen LogP contribution in [0, 0.1) is 18.4 Å². The molecule has 0 aromatic heterocycles. The van der Waals surface area contributed by atoms with Gasteiger partial charge in [0.25, 0.3) is 0 Å². The summed E-state index contributed by atoms with van der Waals surface area (Å²) in [6.45, 7) is 8.77. The van der Waals surface area contributed by atoms with Crippen molar-refractivity contribution >= 4 is 36.8 Å². The number of hydrogen-bond acceptors (Lipinski definition) is 1. The fourth-order valence-electron chi connectivity index (χ4n) is 1.88. The lowest BCUT2D eigenvalue weighted by molar-refractivity contribution is 1.47. The van der Waals surface area contributed by atoms with Gasteiger partial charge in [-0.3, -0.25) is 0 Å². The van der Waals surface area contributed by atoms with Gasteiger partial charge in [0.2, 0.25) is 0 Å². The van der Waals surface area contributed by atoms with Gasteiger partial charge in [-0.1, -0.05) is 55.4 Å².